The maximum absolute atomic E-state index is 3.44. The summed E-state index contributed by atoms with van der Waals surface area (Å²) in [7, 11) is 0. The second kappa shape index (κ2) is 7.49. The van der Waals surface area contributed by atoms with Gasteiger partial charge < -0.3 is 15.1 Å². The summed E-state index contributed by atoms with van der Waals surface area (Å²) in [6.45, 7) is 12.4. The van der Waals surface area contributed by atoms with Crippen LogP contribution >= 0.6 is 12.4 Å². The Labute approximate surface area is 106 Å². The maximum atomic E-state index is 3.44. The Morgan fingerprint density at radius 2 is 1.56 bits per heavy atom. The van der Waals surface area contributed by atoms with Gasteiger partial charge in [-0.25, -0.2) is 0 Å². The topological polar surface area (TPSA) is 18.5 Å². The summed E-state index contributed by atoms with van der Waals surface area (Å²) in [5.41, 5.74) is 0. The van der Waals surface area contributed by atoms with Crippen molar-refractivity contribution < 1.29 is 0 Å². The van der Waals surface area contributed by atoms with Crippen LogP contribution in [0.3, 0.4) is 0 Å². The van der Waals surface area contributed by atoms with Crippen molar-refractivity contribution in [2.45, 2.75) is 19.8 Å². The first kappa shape index (κ1) is 14.2. The predicted molar refractivity (Wildman–Crippen MR) is 71.4 cm³/mol. The largest absolute Gasteiger partial charge is 0.317 e. The van der Waals surface area contributed by atoms with Gasteiger partial charge in [-0.3, -0.25) is 0 Å². The Balaban J connectivity index is 0.00000128. The number of piperazine rings is 1. The molecule has 0 amide bonds. The molecule has 0 aromatic carbocycles. The number of rotatable bonds is 3. The van der Waals surface area contributed by atoms with Crippen LogP contribution in [0.5, 0.6) is 0 Å². The second-order valence-electron chi connectivity index (χ2n) is 4.93. The van der Waals surface area contributed by atoms with Crippen LogP contribution in [0, 0.1) is 5.92 Å². The van der Waals surface area contributed by atoms with Crippen LogP contribution in [0.25, 0.3) is 0 Å². The van der Waals surface area contributed by atoms with Crippen molar-refractivity contribution in [3.05, 3.63) is 0 Å². The van der Waals surface area contributed by atoms with Gasteiger partial charge in [0.2, 0.25) is 0 Å². The maximum Gasteiger partial charge on any atom is 0.0110 e. The van der Waals surface area contributed by atoms with E-state index in [2.05, 4.69) is 22.0 Å². The summed E-state index contributed by atoms with van der Waals surface area (Å²) in [6.07, 6.45) is 2.77. The van der Waals surface area contributed by atoms with Crippen molar-refractivity contribution >= 4 is 12.4 Å². The average molecular weight is 248 g/mol. The third kappa shape index (κ3) is 4.21. The Morgan fingerprint density at radius 3 is 2.12 bits per heavy atom. The van der Waals surface area contributed by atoms with E-state index in [-0.39, 0.29) is 12.4 Å². The molecule has 2 heterocycles. The zero-order valence-corrected chi connectivity index (χ0v) is 11.3. The van der Waals surface area contributed by atoms with Crippen molar-refractivity contribution in [1.29, 1.82) is 0 Å². The van der Waals surface area contributed by atoms with Crippen molar-refractivity contribution in [1.82, 2.24) is 15.1 Å². The zero-order chi connectivity index (χ0) is 10.5. The molecule has 2 aliphatic heterocycles. The average Bonchev–Trinajstić information content (AvgIpc) is 2.31. The quantitative estimate of drug-likeness (QED) is 0.804. The van der Waals surface area contributed by atoms with Crippen molar-refractivity contribution in [3.8, 4) is 0 Å². The molecule has 0 aromatic rings. The minimum absolute atomic E-state index is 0. The highest BCUT2D eigenvalue weighted by atomic mass is 35.5. The minimum atomic E-state index is 0. The van der Waals surface area contributed by atoms with E-state index < -0.39 is 0 Å². The highest BCUT2D eigenvalue weighted by Crippen LogP contribution is 2.14. The zero-order valence-electron chi connectivity index (χ0n) is 10.5. The molecule has 1 N–H and O–H groups in total. The number of likely N-dealkylation sites (N-methyl/N-ethyl adjacent to an activating group) is 1. The van der Waals surface area contributed by atoms with Gasteiger partial charge >= 0.3 is 0 Å². The molecular weight excluding hydrogens is 222 g/mol. The normalized spacial score (nSPS) is 25.3. The molecule has 0 atom stereocenters. The summed E-state index contributed by atoms with van der Waals surface area (Å²) in [5.74, 6) is 0.958. The molecule has 2 saturated heterocycles. The highest BCUT2D eigenvalue weighted by molar-refractivity contribution is 5.85. The number of piperidine rings is 1. The van der Waals surface area contributed by atoms with E-state index in [1.165, 1.54) is 65.2 Å². The molecule has 0 aliphatic carbocycles. The smallest absolute Gasteiger partial charge is 0.0110 e. The van der Waals surface area contributed by atoms with E-state index in [1.807, 2.05) is 0 Å². The van der Waals surface area contributed by atoms with E-state index in [0.717, 1.165) is 5.92 Å². The van der Waals surface area contributed by atoms with Gasteiger partial charge in [-0.2, -0.15) is 0 Å². The Morgan fingerprint density at radius 1 is 1.00 bits per heavy atom. The van der Waals surface area contributed by atoms with Crippen LogP contribution in [0.1, 0.15) is 19.8 Å². The Hall–Kier alpha value is 0.170. The first-order valence-electron chi connectivity index (χ1n) is 6.54. The van der Waals surface area contributed by atoms with Gasteiger partial charge in [0.25, 0.3) is 0 Å². The predicted octanol–water partition coefficient (Wildman–Crippen LogP) is 1.05. The molecular formula is C12H26ClN3. The SMILES string of the molecule is CCN1CCN(CC2CCNCC2)CC1.Cl. The number of hydrogen-bond donors (Lipinski definition) is 1. The van der Waals surface area contributed by atoms with Gasteiger partial charge in [-0.1, -0.05) is 6.92 Å². The van der Waals surface area contributed by atoms with E-state index in [9.17, 15) is 0 Å². The lowest BCUT2D eigenvalue weighted by Gasteiger charge is -2.36. The molecule has 2 rings (SSSR count). The molecule has 16 heavy (non-hydrogen) atoms. The summed E-state index contributed by atoms with van der Waals surface area (Å²) in [6, 6.07) is 0. The van der Waals surface area contributed by atoms with E-state index >= 15 is 0 Å². The molecule has 0 saturated carbocycles. The van der Waals surface area contributed by atoms with Gasteiger partial charge in [-0.05, 0) is 38.4 Å². The van der Waals surface area contributed by atoms with Crippen molar-refractivity contribution in [2.75, 3.05) is 52.4 Å². The molecule has 96 valence electrons. The molecule has 4 heteroatoms. The van der Waals surface area contributed by atoms with E-state index in [0.29, 0.717) is 0 Å². The Bertz CT molecular complexity index is 175. The minimum Gasteiger partial charge on any atom is -0.317 e. The van der Waals surface area contributed by atoms with Crippen LogP contribution < -0.4 is 5.32 Å². The summed E-state index contributed by atoms with van der Waals surface area (Å²) in [4.78, 5) is 5.22. The van der Waals surface area contributed by atoms with E-state index in [4.69, 9.17) is 0 Å². The lowest BCUT2D eigenvalue weighted by molar-refractivity contribution is 0.115. The second-order valence-corrected chi connectivity index (χ2v) is 4.93. The molecule has 3 nitrogen and oxygen atoms in total. The summed E-state index contributed by atoms with van der Waals surface area (Å²) >= 11 is 0. The molecule has 0 spiro atoms. The van der Waals surface area contributed by atoms with Gasteiger partial charge in [0.1, 0.15) is 0 Å². The number of nitrogens with zero attached hydrogens (tertiary/aromatic N) is 2. The molecule has 2 fully saturated rings. The van der Waals surface area contributed by atoms with Gasteiger partial charge in [0.05, 0.1) is 0 Å². The fraction of sp³-hybridized carbons (Fsp3) is 1.00. The monoisotopic (exact) mass is 247 g/mol. The molecule has 0 unspecified atom stereocenters. The van der Waals surface area contributed by atoms with Gasteiger partial charge in [0, 0.05) is 32.7 Å². The Kier molecular flexibility index (Phi) is 6.66. The molecule has 0 radical (unpaired) electrons. The third-order valence-corrected chi connectivity index (χ3v) is 3.89. The first-order valence-corrected chi connectivity index (χ1v) is 6.54. The van der Waals surface area contributed by atoms with Crippen LogP contribution in [-0.4, -0.2) is 62.2 Å². The number of halogens is 1. The number of hydrogen-bond acceptors (Lipinski definition) is 3. The third-order valence-electron chi connectivity index (χ3n) is 3.89. The van der Waals surface area contributed by atoms with Crippen LogP contribution in [0.4, 0.5) is 0 Å². The highest BCUT2D eigenvalue weighted by Gasteiger charge is 2.20. The fourth-order valence-corrected chi connectivity index (χ4v) is 2.72. The van der Waals surface area contributed by atoms with Crippen molar-refractivity contribution in [2.24, 2.45) is 5.92 Å². The summed E-state index contributed by atoms with van der Waals surface area (Å²) in [5, 5.41) is 3.44. The molecule has 0 bridgehead atoms. The first-order chi connectivity index (χ1) is 7.38. The molecule has 2 aliphatic rings. The van der Waals surface area contributed by atoms with Crippen LogP contribution in [0.15, 0.2) is 0 Å². The standard InChI is InChI=1S/C12H25N3.ClH/c1-2-14-7-9-15(10-8-14)11-12-3-5-13-6-4-12;/h12-13H,2-11H2,1H3;1H. The fourth-order valence-electron chi connectivity index (χ4n) is 2.72. The van der Waals surface area contributed by atoms with Crippen molar-refractivity contribution in [3.63, 3.8) is 0 Å². The van der Waals surface area contributed by atoms with Crippen LogP contribution in [0.2, 0.25) is 0 Å². The van der Waals surface area contributed by atoms with Gasteiger partial charge in [-0.15, -0.1) is 12.4 Å². The molecule has 0 aromatic heterocycles. The van der Waals surface area contributed by atoms with E-state index in [1.54, 1.807) is 0 Å². The lowest BCUT2D eigenvalue weighted by Crippen LogP contribution is -2.48. The number of nitrogens with one attached hydrogen (secondary N) is 1. The van der Waals surface area contributed by atoms with Gasteiger partial charge in [0.15, 0.2) is 0 Å². The lowest BCUT2D eigenvalue weighted by atomic mass is 9.97. The summed E-state index contributed by atoms with van der Waals surface area (Å²) < 4.78 is 0. The van der Waals surface area contributed by atoms with Crippen LogP contribution in [-0.2, 0) is 0 Å².